The highest BCUT2D eigenvalue weighted by Gasteiger charge is 2.06. The Morgan fingerprint density at radius 1 is 1.22 bits per heavy atom. The first-order chi connectivity index (χ1) is 8.60. The second-order valence-electron chi connectivity index (χ2n) is 3.92. The molecule has 0 bridgehead atoms. The highest BCUT2D eigenvalue weighted by molar-refractivity contribution is 6.30. The first-order valence-electron chi connectivity index (χ1n) is 5.43. The van der Waals surface area contributed by atoms with Crippen LogP contribution >= 0.6 is 11.6 Å². The molecule has 2 aromatic rings. The van der Waals surface area contributed by atoms with Crippen LogP contribution in [-0.4, -0.2) is 5.11 Å². The van der Waals surface area contributed by atoms with Gasteiger partial charge in [0, 0.05) is 10.6 Å². The average molecular weight is 267 g/mol. The van der Waals surface area contributed by atoms with Crippen LogP contribution in [0.3, 0.4) is 0 Å². The maximum absolute atomic E-state index is 13.1. The molecule has 0 amide bonds. The van der Waals surface area contributed by atoms with Crippen LogP contribution in [0.5, 0.6) is 11.5 Å². The van der Waals surface area contributed by atoms with Gasteiger partial charge in [-0.25, -0.2) is 4.39 Å². The minimum Gasteiger partial charge on any atom is -0.457 e. The number of benzene rings is 2. The molecule has 0 aliphatic carbocycles. The number of hydrogen-bond donors (Lipinski definition) is 1. The molecule has 2 nitrogen and oxygen atoms in total. The number of ether oxygens (including phenoxy) is 1. The van der Waals surface area contributed by atoms with Crippen LogP contribution in [0.25, 0.3) is 0 Å². The van der Waals surface area contributed by atoms with Crippen LogP contribution in [0.4, 0.5) is 4.39 Å². The minimum atomic E-state index is -0.282. The summed E-state index contributed by atoms with van der Waals surface area (Å²) in [5.74, 6) is 0.692. The third-order valence-electron chi connectivity index (χ3n) is 2.56. The summed E-state index contributed by atoms with van der Waals surface area (Å²) in [4.78, 5) is 0. The molecule has 0 fully saturated rings. The Kier molecular flexibility index (Phi) is 3.84. The predicted octanol–water partition coefficient (Wildman–Crippen LogP) is 4.07. The molecule has 0 aliphatic rings. The Morgan fingerprint density at radius 2 is 2.00 bits per heavy atom. The molecule has 2 aromatic carbocycles. The Hall–Kier alpha value is -1.58. The van der Waals surface area contributed by atoms with E-state index in [1.807, 2.05) is 0 Å². The minimum absolute atomic E-state index is 0.146. The van der Waals surface area contributed by atoms with Gasteiger partial charge in [0.25, 0.3) is 0 Å². The first kappa shape index (κ1) is 12.9. The van der Waals surface area contributed by atoms with E-state index < -0.39 is 0 Å². The van der Waals surface area contributed by atoms with Gasteiger partial charge in [-0.05, 0) is 42.8 Å². The monoisotopic (exact) mass is 266 g/mol. The summed E-state index contributed by atoms with van der Waals surface area (Å²) in [6.07, 6.45) is 0. The van der Waals surface area contributed by atoms with E-state index in [-0.39, 0.29) is 12.4 Å². The van der Waals surface area contributed by atoms with Crippen LogP contribution in [0.2, 0.25) is 5.02 Å². The molecule has 4 heteroatoms. The van der Waals surface area contributed by atoms with Crippen molar-refractivity contribution in [1.29, 1.82) is 0 Å². The van der Waals surface area contributed by atoms with Crippen molar-refractivity contribution in [3.63, 3.8) is 0 Å². The number of aryl methyl sites for hydroxylation is 1. The number of aliphatic hydroxyl groups is 1. The van der Waals surface area contributed by atoms with Crippen molar-refractivity contribution in [2.75, 3.05) is 0 Å². The molecule has 0 heterocycles. The van der Waals surface area contributed by atoms with Crippen molar-refractivity contribution < 1.29 is 14.2 Å². The summed E-state index contributed by atoms with van der Waals surface area (Å²) < 4.78 is 18.7. The zero-order valence-corrected chi connectivity index (χ0v) is 10.5. The molecule has 94 valence electrons. The zero-order chi connectivity index (χ0) is 13.1. The highest BCUT2D eigenvalue weighted by Crippen LogP contribution is 2.29. The topological polar surface area (TPSA) is 29.5 Å². The van der Waals surface area contributed by atoms with Crippen molar-refractivity contribution in [1.82, 2.24) is 0 Å². The molecule has 2 rings (SSSR count). The van der Waals surface area contributed by atoms with Crippen LogP contribution in [-0.2, 0) is 6.61 Å². The second-order valence-corrected chi connectivity index (χ2v) is 4.36. The lowest BCUT2D eigenvalue weighted by Crippen LogP contribution is -1.92. The van der Waals surface area contributed by atoms with Crippen LogP contribution in [0, 0.1) is 12.7 Å². The smallest absolute Gasteiger partial charge is 0.134 e. The van der Waals surface area contributed by atoms with Gasteiger partial charge in [-0.2, -0.15) is 0 Å². The number of rotatable bonds is 3. The van der Waals surface area contributed by atoms with Gasteiger partial charge in [-0.15, -0.1) is 0 Å². The van der Waals surface area contributed by atoms with Gasteiger partial charge in [0.15, 0.2) is 0 Å². The van der Waals surface area contributed by atoms with Crippen molar-refractivity contribution in [3.8, 4) is 11.5 Å². The van der Waals surface area contributed by atoms with E-state index in [1.165, 1.54) is 12.1 Å². The lowest BCUT2D eigenvalue weighted by Gasteiger charge is -2.10. The average Bonchev–Trinajstić information content (AvgIpc) is 2.34. The summed E-state index contributed by atoms with van der Waals surface area (Å²) in [5, 5.41) is 9.72. The lowest BCUT2D eigenvalue weighted by molar-refractivity contribution is 0.276. The molecular weight excluding hydrogens is 255 g/mol. The van der Waals surface area contributed by atoms with E-state index in [9.17, 15) is 9.50 Å². The van der Waals surface area contributed by atoms with Gasteiger partial charge in [-0.1, -0.05) is 17.7 Å². The van der Waals surface area contributed by atoms with Gasteiger partial charge in [0.05, 0.1) is 6.61 Å². The normalized spacial score (nSPS) is 10.4. The Labute approximate surface area is 110 Å². The predicted molar refractivity (Wildman–Crippen MR) is 68.6 cm³/mol. The van der Waals surface area contributed by atoms with E-state index in [4.69, 9.17) is 16.3 Å². The largest absolute Gasteiger partial charge is 0.457 e. The van der Waals surface area contributed by atoms with Gasteiger partial charge in [-0.3, -0.25) is 0 Å². The molecule has 0 saturated carbocycles. The second kappa shape index (κ2) is 5.38. The fourth-order valence-corrected chi connectivity index (χ4v) is 1.72. The van der Waals surface area contributed by atoms with Crippen LogP contribution in [0.15, 0.2) is 36.4 Å². The van der Waals surface area contributed by atoms with E-state index in [0.29, 0.717) is 27.6 Å². The summed E-state index contributed by atoms with van der Waals surface area (Å²) in [5.41, 5.74) is 1.13. The molecule has 0 aliphatic heterocycles. The first-order valence-corrected chi connectivity index (χ1v) is 5.81. The highest BCUT2D eigenvalue weighted by atomic mass is 35.5. The molecule has 0 aromatic heterocycles. The number of halogens is 2. The van der Waals surface area contributed by atoms with E-state index >= 15 is 0 Å². The Bertz CT molecular complexity index is 570. The lowest BCUT2D eigenvalue weighted by atomic mass is 10.2. The summed E-state index contributed by atoms with van der Waals surface area (Å²) in [7, 11) is 0. The molecular formula is C14H12ClFO2. The van der Waals surface area contributed by atoms with Gasteiger partial charge in [0.1, 0.15) is 17.3 Å². The van der Waals surface area contributed by atoms with E-state index in [0.717, 1.165) is 0 Å². The third kappa shape index (κ3) is 2.81. The fraction of sp³-hybridized carbons (Fsp3) is 0.143. The molecule has 0 spiro atoms. The molecule has 0 unspecified atom stereocenters. The van der Waals surface area contributed by atoms with Crippen LogP contribution in [0.1, 0.15) is 11.1 Å². The van der Waals surface area contributed by atoms with Gasteiger partial charge < -0.3 is 9.84 Å². The fourth-order valence-electron chi connectivity index (χ4n) is 1.56. The molecule has 0 saturated heterocycles. The summed E-state index contributed by atoms with van der Waals surface area (Å²) in [6, 6.07) is 9.45. The summed E-state index contributed by atoms with van der Waals surface area (Å²) in [6.45, 7) is 1.51. The van der Waals surface area contributed by atoms with Crippen LogP contribution < -0.4 is 4.74 Å². The van der Waals surface area contributed by atoms with Gasteiger partial charge >= 0.3 is 0 Å². The van der Waals surface area contributed by atoms with Gasteiger partial charge in [0.2, 0.25) is 0 Å². The zero-order valence-electron chi connectivity index (χ0n) is 9.78. The number of hydrogen-bond acceptors (Lipinski definition) is 2. The molecule has 0 radical (unpaired) electrons. The third-order valence-corrected chi connectivity index (χ3v) is 2.79. The maximum Gasteiger partial charge on any atom is 0.134 e. The van der Waals surface area contributed by atoms with Crippen molar-refractivity contribution in [2.45, 2.75) is 13.5 Å². The Balaban J connectivity index is 2.33. The Morgan fingerprint density at radius 3 is 2.67 bits per heavy atom. The number of aliphatic hydroxyl groups excluding tert-OH is 1. The molecule has 0 atom stereocenters. The van der Waals surface area contributed by atoms with Crippen molar-refractivity contribution >= 4 is 11.6 Å². The maximum atomic E-state index is 13.1. The van der Waals surface area contributed by atoms with Crippen molar-refractivity contribution in [2.24, 2.45) is 0 Å². The molecule has 1 N–H and O–H groups in total. The summed E-state index contributed by atoms with van der Waals surface area (Å²) >= 11 is 5.87. The molecule has 18 heavy (non-hydrogen) atoms. The van der Waals surface area contributed by atoms with Crippen molar-refractivity contribution in [3.05, 3.63) is 58.4 Å². The quantitative estimate of drug-likeness (QED) is 0.907. The van der Waals surface area contributed by atoms with E-state index in [2.05, 4.69) is 0 Å². The standard InChI is InChI=1S/C14H12ClFO2/c1-9-6-12(4-5-13(9)16)18-14-7-11(15)3-2-10(14)8-17/h2-7,17H,8H2,1H3. The SMILES string of the molecule is Cc1cc(Oc2cc(Cl)ccc2CO)ccc1F. The van der Waals surface area contributed by atoms with E-state index in [1.54, 1.807) is 31.2 Å².